The number of fused-ring (bicyclic) bond motifs is 1. The van der Waals surface area contributed by atoms with Gasteiger partial charge in [-0.15, -0.1) is 0 Å². The molecule has 0 atom stereocenters. The molecule has 0 fully saturated rings. The third-order valence-electron chi connectivity index (χ3n) is 4.49. The van der Waals surface area contributed by atoms with E-state index in [1.54, 1.807) is 17.1 Å². The quantitative estimate of drug-likeness (QED) is 0.720. The molecule has 6 nitrogen and oxygen atoms in total. The molecule has 1 aliphatic heterocycles. The van der Waals surface area contributed by atoms with Crippen molar-refractivity contribution in [3.63, 3.8) is 0 Å². The summed E-state index contributed by atoms with van der Waals surface area (Å²) in [6.07, 6.45) is 7.87. The van der Waals surface area contributed by atoms with Crippen LogP contribution in [0.5, 0.6) is 0 Å². The first-order valence-electron chi connectivity index (χ1n) is 8.73. The highest BCUT2D eigenvalue weighted by Crippen LogP contribution is 2.18. The highest BCUT2D eigenvalue weighted by molar-refractivity contribution is 5.80. The summed E-state index contributed by atoms with van der Waals surface area (Å²) in [6, 6.07) is 10.3. The zero-order valence-electron chi connectivity index (χ0n) is 14.7. The van der Waals surface area contributed by atoms with E-state index in [1.807, 2.05) is 25.1 Å². The van der Waals surface area contributed by atoms with E-state index in [0.29, 0.717) is 6.54 Å². The van der Waals surface area contributed by atoms with Crippen molar-refractivity contribution >= 4 is 22.6 Å². The maximum atomic E-state index is 12.3. The summed E-state index contributed by atoms with van der Waals surface area (Å²) >= 11 is 0. The van der Waals surface area contributed by atoms with Crippen molar-refractivity contribution in [3.05, 3.63) is 66.0 Å². The molecule has 1 N–H and O–H groups in total. The predicted octanol–water partition coefficient (Wildman–Crippen LogP) is 2.43. The lowest BCUT2D eigenvalue weighted by Gasteiger charge is -2.18. The molecule has 0 radical (unpaired) electrons. The van der Waals surface area contributed by atoms with Crippen LogP contribution < -0.4 is 10.2 Å². The number of hydrogen-bond donors (Lipinski definition) is 1. The number of carbonyl (C=O) groups is 1. The Morgan fingerprint density at radius 3 is 2.88 bits per heavy atom. The Balaban J connectivity index is 1.38. The molecule has 26 heavy (non-hydrogen) atoms. The maximum absolute atomic E-state index is 12.3. The van der Waals surface area contributed by atoms with Gasteiger partial charge in [-0.05, 0) is 36.2 Å². The molecular weight excluding hydrogens is 326 g/mol. The van der Waals surface area contributed by atoms with Gasteiger partial charge in [0.25, 0.3) is 0 Å². The molecule has 0 unspecified atom stereocenters. The van der Waals surface area contributed by atoms with Gasteiger partial charge in [-0.3, -0.25) is 4.79 Å². The van der Waals surface area contributed by atoms with E-state index in [0.717, 1.165) is 35.2 Å². The van der Waals surface area contributed by atoms with Crippen LogP contribution in [0.2, 0.25) is 0 Å². The molecule has 0 bridgehead atoms. The summed E-state index contributed by atoms with van der Waals surface area (Å²) in [5.74, 6) is -0.0781. The van der Waals surface area contributed by atoms with Gasteiger partial charge in [0.05, 0.1) is 6.20 Å². The number of aryl methyl sites for hydroxylation is 1. The smallest absolute Gasteiger partial charge is 0.242 e. The molecule has 132 valence electrons. The van der Waals surface area contributed by atoms with Crippen LogP contribution in [-0.4, -0.2) is 33.8 Å². The third kappa shape index (κ3) is 3.44. The summed E-state index contributed by atoms with van der Waals surface area (Å²) in [7, 11) is 0. The van der Waals surface area contributed by atoms with Crippen molar-refractivity contribution < 1.29 is 4.79 Å². The first-order valence-corrected chi connectivity index (χ1v) is 8.73. The van der Waals surface area contributed by atoms with Crippen molar-refractivity contribution in [1.29, 1.82) is 0 Å². The number of amides is 1. The highest BCUT2D eigenvalue weighted by Gasteiger charge is 2.10. The fraction of sp³-hybridized carbons (Fsp3) is 0.250. The number of nitrogens with one attached hydrogen (secondary N) is 1. The van der Waals surface area contributed by atoms with Gasteiger partial charge in [0.1, 0.15) is 6.54 Å². The zero-order chi connectivity index (χ0) is 17.9. The molecule has 6 heteroatoms. The predicted molar refractivity (Wildman–Crippen MR) is 102 cm³/mol. The Hall–Kier alpha value is -3.15. The number of pyridine rings is 1. The van der Waals surface area contributed by atoms with E-state index in [-0.39, 0.29) is 12.5 Å². The molecule has 3 heterocycles. The molecule has 0 saturated carbocycles. The number of hydrogen-bond acceptors (Lipinski definition) is 4. The van der Waals surface area contributed by atoms with Crippen molar-refractivity contribution in [2.45, 2.75) is 20.0 Å². The van der Waals surface area contributed by atoms with Crippen LogP contribution in [0.25, 0.3) is 11.0 Å². The molecule has 1 amide bonds. The Morgan fingerprint density at radius 1 is 1.19 bits per heavy atom. The van der Waals surface area contributed by atoms with Crippen LogP contribution in [0.4, 0.5) is 5.69 Å². The Kier molecular flexibility index (Phi) is 4.39. The van der Waals surface area contributed by atoms with Crippen LogP contribution in [0.1, 0.15) is 11.1 Å². The number of anilines is 1. The molecule has 1 aromatic carbocycles. The molecular formula is C20H21N5O. The monoisotopic (exact) mass is 347 g/mol. The van der Waals surface area contributed by atoms with E-state index in [2.05, 4.69) is 44.6 Å². The first-order chi connectivity index (χ1) is 12.7. The van der Waals surface area contributed by atoms with Crippen molar-refractivity contribution in [1.82, 2.24) is 20.1 Å². The van der Waals surface area contributed by atoms with Crippen LogP contribution in [0.15, 0.2) is 54.9 Å². The van der Waals surface area contributed by atoms with Crippen molar-refractivity contribution in [2.75, 3.05) is 18.0 Å². The van der Waals surface area contributed by atoms with Gasteiger partial charge < -0.3 is 10.2 Å². The highest BCUT2D eigenvalue weighted by atomic mass is 16.2. The zero-order valence-corrected chi connectivity index (χ0v) is 14.7. The minimum Gasteiger partial charge on any atom is -0.364 e. The van der Waals surface area contributed by atoms with Gasteiger partial charge >= 0.3 is 0 Å². The van der Waals surface area contributed by atoms with E-state index < -0.39 is 0 Å². The second kappa shape index (κ2) is 7.00. The van der Waals surface area contributed by atoms with E-state index in [1.165, 1.54) is 5.69 Å². The summed E-state index contributed by atoms with van der Waals surface area (Å²) in [6.45, 7) is 4.53. The molecule has 2 aromatic heterocycles. The molecule has 1 aliphatic rings. The largest absolute Gasteiger partial charge is 0.364 e. The number of nitrogens with zero attached hydrogens (tertiary/aromatic N) is 4. The Morgan fingerprint density at radius 2 is 2.04 bits per heavy atom. The van der Waals surface area contributed by atoms with Gasteiger partial charge in [-0.1, -0.05) is 24.3 Å². The molecule has 0 saturated heterocycles. The third-order valence-corrected chi connectivity index (χ3v) is 4.49. The summed E-state index contributed by atoms with van der Waals surface area (Å²) < 4.78 is 1.64. The topological polar surface area (TPSA) is 63.1 Å². The Labute approximate surface area is 152 Å². The lowest BCUT2D eigenvalue weighted by atomic mass is 10.2. The first kappa shape index (κ1) is 16.3. The second-order valence-corrected chi connectivity index (χ2v) is 6.55. The number of aromatic nitrogens is 3. The van der Waals surface area contributed by atoms with E-state index in [9.17, 15) is 4.79 Å². The van der Waals surface area contributed by atoms with Gasteiger partial charge in [-0.2, -0.15) is 5.10 Å². The average molecular weight is 347 g/mol. The van der Waals surface area contributed by atoms with Gasteiger partial charge in [-0.25, -0.2) is 9.67 Å². The fourth-order valence-corrected chi connectivity index (χ4v) is 3.14. The summed E-state index contributed by atoms with van der Waals surface area (Å²) in [5, 5.41) is 8.20. The number of benzene rings is 1. The molecule has 3 aromatic rings. The summed E-state index contributed by atoms with van der Waals surface area (Å²) in [4.78, 5) is 19.0. The summed E-state index contributed by atoms with van der Waals surface area (Å²) in [5.41, 5.74) is 4.07. The number of rotatable bonds is 5. The SMILES string of the molecule is Cc1cnc2c(cnn2CC(=O)NCc2cccc(N3CC=CC3)c2)c1. The van der Waals surface area contributed by atoms with E-state index >= 15 is 0 Å². The van der Waals surface area contributed by atoms with Crippen LogP contribution in [0.3, 0.4) is 0 Å². The fourth-order valence-electron chi connectivity index (χ4n) is 3.14. The lowest BCUT2D eigenvalue weighted by Crippen LogP contribution is -2.27. The lowest BCUT2D eigenvalue weighted by molar-refractivity contribution is -0.121. The maximum Gasteiger partial charge on any atom is 0.242 e. The van der Waals surface area contributed by atoms with Crippen molar-refractivity contribution in [2.24, 2.45) is 0 Å². The van der Waals surface area contributed by atoms with Gasteiger partial charge in [0.15, 0.2) is 5.65 Å². The van der Waals surface area contributed by atoms with Crippen LogP contribution in [-0.2, 0) is 17.9 Å². The second-order valence-electron chi connectivity index (χ2n) is 6.55. The number of carbonyl (C=O) groups excluding carboxylic acids is 1. The Bertz CT molecular complexity index is 967. The van der Waals surface area contributed by atoms with Crippen molar-refractivity contribution in [3.8, 4) is 0 Å². The molecule has 4 rings (SSSR count). The van der Waals surface area contributed by atoms with Crippen LogP contribution in [0, 0.1) is 6.92 Å². The van der Waals surface area contributed by atoms with E-state index in [4.69, 9.17) is 0 Å². The minimum absolute atomic E-state index is 0.0781. The van der Waals surface area contributed by atoms with Crippen LogP contribution >= 0.6 is 0 Å². The normalized spacial score (nSPS) is 13.5. The van der Waals surface area contributed by atoms with Gasteiger partial charge in [0, 0.05) is 36.9 Å². The molecule has 0 spiro atoms. The average Bonchev–Trinajstić information content (AvgIpc) is 3.31. The minimum atomic E-state index is -0.0781. The standard InChI is InChI=1S/C20H21N5O/c1-15-9-17-13-23-25(20(17)22-11-15)14-19(26)21-12-16-5-4-6-18(10-16)24-7-2-3-8-24/h2-6,9-11,13H,7-8,12,14H2,1H3,(H,21,26). The van der Waals surface area contributed by atoms with Gasteiger partial charge in [0.2, 0.25) is 5.91 Å². The molecule has 0 aliphatic carbocycles.